The minimum atomic E-state index is -0.443. The number of hydrogen-bond acceptors (Lipinski definition) is 4. The van der Waals surface area contributed by atoms with Gasteiger partial charge in [-0.3, -0.25) is 14.8 Å². The van der Waals surface area contributed by atoms with E-state index < -0.39 is 5.82 Å². The van der Waals surface area contributed by atoms with Gasteiger partial charge in [-0.1, -0.05) is 11.6 Å². The van der Waals surface area contributed by atoms with E-state index in [2.05, 4.69) is 15.3 Å². The van der Waals surface area contributed by atoms with E-state index in [4.69, 9.17) is 16.7 Å². The van der Waals surface area contributed by atoms with Gasteiger partial charge in [0.05, 0.1) is 23.3 Å². The highest BCUT2D eigenvalue weighted by Crippen LogP contribution is 2.32. The Hall–Kier alpha value is -3.58. The zero-order valence-electron chi connectivity index (χ0n) is 14.9. The van der Waals surface area contributed by atoms with Crippen molar-refractivity contribution in [2.24, 2.45) is 0 Å². The van der Waals surface area contributed by atoms with Crippen molar-refractivity contribution in [1.29, 1.82) is 0 Å². The topological polar surface area (TPSA) is 72.7 Å². The number of benzene rings is 1. The summed E-state index contributed by atoms with van der Waals surface area (Å²) in [5.41, 5.74) is 4.45. The summed E-state index contributed by atoms with van der Waals surface area (Å²) in [7, 11) is 0. The van der Waals surface area contributed by atoms with Gasteiger partial charge in [-0.15, -0.1) is 0 Å². The van der Waals surface area contributed by atoms with Crippen LogP contribution in [0.2, 0.25) is 5.02 Å². The highest BCUT2D eigenvalue weighted by atomic mass is 35.5. The van der Waals surface area contributed by atoms with Crippen LogP contribution in [0.5, 0.6) is 0 Å². The van der Waals surface area contributed by atoms with Gasteiger partial charge in [0, 0.05) is 40.7 Å². The van der Waals surface area contributed by atoms with Crippen LogP contribution in [0.25, 0.3) is 28.3 Å². The Balaban J connectivity index is 1.74. The first-order valence-corrected chi connectivity index (χ1v) is 9.21. The van der Waals surface area contributed by atoms with Gasteiger partial charge >= 0.3 is 0 Å². The molecular formula is C21H13ClFN5O. The molecule has 0 aliphatic carbocycles. The fraction of sp³-hybridized carbons (Fsp3) is 0.0476. The number of carbonyl (C=O) groups is 1. The number of halogens is 2. The van der Waals surface area contributed by atoms with E-state index in [1.165, 1.54) is 12.1 Å². The highest BCUT2D eigenvalue weighted by Gasteiger charge is 2.25. The number of amides is 1. The quantitative estimate of drug-likeness (QED) is 0.558. The average Bonchev–Trinajstić information content (AvgIpc) is 3.32. The number of carbonyl (C=O) groups excluding carboxylic acids is 1. The summed E-state index contributed by atoms with van der Waals surface area (Å²) in [5.74, 6) is -0.575. The maximum Gasteiger partial charge on any atom is 0.252 e. The van der Waals surface area contributed by atoms with Gasteiger partial charge in [-0.2, -0.15) is 5.10 Å². The van der Waals surface area contributed by atoms with Crippen molar-refractivity contribution in [3.8, 4) is 28.3 Å². The molecule has 0 fully saturated rings. The second-order valence-corrected chi connectivity index (χ2v) is 7.00. The summed E-state index contributed by atoms with van der Waals surface area (Å²) in [6, 6.07) is 11.5. The van der Waals surface area contributed by atoms with E-state index in [1.807, 2.05) is 12.1 Å². The third-order valence-electron chi connectivity index (χ3n) is 4.73. The van der Waals surface area contributed by atoms with Crippen molar-refractivity contribution < 1.29 is 9.18 Å². The second kappa shape index (κ2) is 6.79. The van der Waals surface area contributed by atoms with Crippen LogP contribution in [0.1, 0.15) is 15.9 Å². The maximum absolute atomic E-state index is 14.0. The number of rotatable bonds is 3. The Morgan fingerprint density at radius 3 is 2.83 bits per heavy atom. The third kappa shape index (κ3) is 3.05. The lowest BCUT2D eigenvalue weighted by Crippen LogP contribution is -2.12. The normalized spacial score (nSPS) is 12.7. The van der Waals surface area contributed by atoms with Gasteiger partial charge in [0.15, 0.2) is 0 Å². The Morgan fingerprint density at radius 1 is 1.14 bits per heavy atom. The monoisotopic (exact) mass is 405 g/mol. The van der Waals surface area contributed by atoms with E-state index in [0.717, 1.165) is 5.56 Å². The molecule has 0 bridgehead atoms. The molecule has 1 aliphatic rings. The number of nitrogens with one attached hydrogen (secondary N) is 1. The number of aromatic nitrogens is 4. The molecule has 29 heavy (non-hydrogen) atoms. The average molecular weight is 406 g/mol. The first-order chi connectivity index (χ1) is 14.1. The fourth-order valence-corrected chi connectivity index (χ4v) is 3.67. The summed E-state index contributed by atoms with van der Waals surface area (Å²) in [6.45, 7) is 0.387. The Bertz CT molecular complexity index is 1240. The molecule has 3 aromatic heterocycles. The predicted octanol–water partition coefficient (Wildman–Crippen LogP) is 4.03. The minimum Gasteiger partial charge on any atom is -0.348 e. The molecule has 142 valence electrons. The summed E-state index contributed by atoms with van der Waals surface area (Å²) < 4.78 is 15.7. The van der Waals surface area contributed by atoms with Gasteiger partial charge in [0.2, 0.25) is 0 Å². The van der Waals surface area contributed by atoms with Crippen molar-refractivity contribution >= 4 is 17.5 Å². The minimum absolute atomic E-state index is 0.132. The molecule has 0 radical (unpaired) electrons. The molecule has 1 aliphatic heterocycles. The SMILES string of the molecule is O=C1NCc2c1ccnc2-c1cc(-c2cc(F)cc(Cl)c2)n(-c2cccnc2)n1. The fourth-order valence-electron chi connectivity index (χ4n) is 3.45. The van der Waals surface area contributed by atoms with Crippen molar-refractivity contribution in [1.82, 2.24) is 25.1 Å². The molecule has 1 N–H and O–H groups in total. The molecule has 8 heteroatoms. The number of pyridine rings is 2. The van der Waals surface area contributed by atoms with Crippen LogP contribution in [0.3, 0.4) is 0 Å². The molecule has 1 aromatic carbocycles. The Labute approximate surface area is 170 Å². The second-order valence-electron chi connectivity index (χ2n) is 6.56. The molecule has 0 saturated heterocycles. The van der Waals surface area contributed by atoms with Gasteiger partial charge in [-0.05, 0) is 42.5 Å². The summed E-state index contributed by atoms with van der Waals surface area (Å²) in [4.78, 5) is 20.6. The first kappa shape index (κ1) is 17.5. The molecular weight excluding hydrogens is 393 g/mol. The van der Waals surface area contributed by atoms with Crippen molar-refractivity contribution in [2.45, 2.75) is 6.54 Å². The molecule has 1 amide bonds. The van der Waals surface area contributed by atoms with Crippen molar-refractivity contribution in [2.75, 3.05) is 0 Å². The first-order valence-electron chi connectivity index (χ1n) is 8.83. The van der Waals surface area contributed by atoms with Crippen LogP contribution in [-0.2, 0) is 6.54 Å². The lowest BCUT2D eigenvalue weighted by atomic mass is 10.1. The molecule has 0 spiro atoms. The zero-order chi connectivity index (χ0) is 20.0. The van der Waals surface area contributed by atoms with Gasteiger partial charge < -0.3 is 5.32 Å². The highest BCUT2D eigenvalue weighted by molar-refractivity contribution is 6.30. The molecule has 5 rings (SSSR count). The maximum atomic E-state index is 14.0. The van der Waals surface area contributed by atoms with Crippen LogP contribution in [0, 0.1) is 5.82 Å². The smallest absolute Gasteiger partial charge is 0.252 e. The van der Waals surface area contributed by atoms with E-state index >= 15 is 0 Å². The van der Waals surface area contributed by atoms with Crippen LogP contribution in [0.15, 0.2) is 61.1 Å². The summed E-state index contributed by atoms with van der Waals surface area (Å²) in [5, 5.41) is 7.79. The third-order valence-corrected chi connectivity index (χ3v) is 4.95. The van der Waals surface area contributed by atoms with Gasteiger partial charge in [-0.25, -0.2) is 9.07 Å². The van der Waals surface area contributed by atoms with Gasteiger partial charge in [0.1, 0.15) is 11.5 Å². The molecule has 6 nitrogen and oxygen atoms in total. The number of fused-ring (bicyclic) bond motifs is 1. The van der Waals surface area contributed by atoms with E-state index in [0.29, 0.717) is 40.4 Å². The zero-order valence-corrected chi connectivity index (χ0v) is 15.7. The van der Waals surface area contributed by atoms with Crippen LogP contribution in [0.4, 0.5) is 4.39 Å². The largest absolute Gasteiger partial charge is 0.348 e. The van der Waals surface area contributed by atoms with E-state index in [9.17, 15) is 9.18 Å². The molecule has 0 saturated carbocycles. The molecule has 0 atom stereocenters. The lowest BCUT2D eigenvalue weighted by Gasteiger charge is -2.07. The molecule has 4 heterocycles. The predicted molar refractivity (Wildman–Crippen MR) is 106 cm³/mol. The van der Waals surface area contributed by atoms with Crippen LogP contribution in [-0.4, -0.2) is 25.7 Å². The lowest BCUT2D eigenvalue weighted by molar-refractivity contribution is 0.0965. The van der Waals surface area contributed by atoms with Crippen LogP contribution < -0.4 is 5.32 Å². The summed E-state index contributed by atoms with van der Waals surface area (Å²) >= 11 is 6.07. The van der Waals surface area contributed by atoms with Crippen molar-refractivity contribution in [3.05, 3.63) is 83.0 Å². The van der Waals surface area contributed by atoms with Crippen LogP contribution >= 0.6 is 11.6 Å². The van der Waals surface area contributed by atoms with E-state index in [1.54, 1.807) is 41.5 Å². The Kier molecular flexibility index (Phi) is 4.10. The Morgan fingerprint density at radius 2 is 2.03 bits per heavy atom. The molecule has 0 unspecified atom stereocenters. The summed E-state index contributed by atoms with van der Waals surface area (Å²) in [6.07, 6.45) is 4.91. The van der Waals surface area contributed by atoms with E-state index in [-0.39, 0.29) is 10.9 Å². The molecule has 4 aromatic rings. The van der Waals surface area contributed by atoms with Crippen molar-refractivity contribution in [3.63, 3.8) is 0 Å². The number of nitrogens with zero attached hydrogens (tertiary/aromatic N) is 4. The number of hydrogen-bond donors (Lipinski definition) is 1. The van der Waals surface area contributed by atoms with Gasteiger partial charge in [0.25, 0.3) is 5.91 Å². The standard InChI is InChI=1S/C21H13ClFN5O/c22-13-6-12(7-14(23)8-13)19-9-18(27-28(19)15-2-1-4-24-10-15)20-17-11-26-21(29)16(17)3-5-25-20/h1-10H,11H2,(H,26,29).